The Morgan fingerprint density at radius 3 is 2.86 bits per heavy atom. The van der Waals surface area contributed by atoms with Gasteiger partial charge < -0.3 is 14.7 Å². The fraction of sp³-hybridized carbons (Fsp3) is 0.292. The van der Waals surface area contributed by atoms with Gasteiger partial charge in [0.2, 0.25) is 0 Å². The largest absolute Gasteiger partial charge is 0.416 e. The molecular weight excluding hydrogens is 500 g/mol. The molecule has 12 heteroatoms. The van der Waals surface area contributed by atoms with E-state index in [9.17, 15) is 27.5 Å². The monoisotopic (exact) mass is 520 g/mol. The fourth-order valence-electron chi connectivity index (χ4n) is 4.23. The van der Waals surface area contributed by atoms with Gasteiger partial charge in [0.1, 0.15) is 5.82 Å². The number of morpholine rings is 1. The Morgan fingerprint density at radius 1 is 1.25 bits per heavy atom. The van der Waals surface area contributed by atoms with Gasteiger partial charge >= 0.3 is 6.18 Å². The van der Waals surface area contributed by atoms with Crippen LogP contribution in [0.3, 0.4) is 0 Å². The molecule has 3 heterocycles. The van der Waals surface area contributed by atoms with Crippen molar-refractivity contribution in [2.24, 2.45) is 4.99 Å². The highest BCUT2D eigenvalue weighted by molar-refractivity contribution is 8.18. The first-order chi connectivity index (χ1) is 17.2. The lowest BCUT2D eigenvalue weighted by Crippen LogP contribution is -2.45. The molecule has 2 aromatic carbocycles. The number of carbonyl (C=O) groups excluding carboxylic acids is 1. The molecule has 3 aromatic rings. The molecular formula is C24H20F4N4O3S. The van der Waals surface area contributed by atoms with Crippen LogP contribution in [0.15, 0.2) is 52.5 Å². The lowest BCUT2D eigenvalue weighted by atomic mass is 9.93. The molecule has 0 aliphatic carbocycles. The van der Waals surface area contributed by atoms with Gasteiger partial charge in [0, 0.05) is 18.5 Å². The number of aliphatic imine (C=N–C) groups is 1. The SMILES string of the molecule is O=C1N=C(N2CCO[C@H](CO)C2)SC1=C(Cc1ccc(F)cc1C(F)(F)F)c1ccc2[nH]ncc2c1. The molecule has 5 rings (SSSR count). The van der Waals surface area contributed by atoms with E-state index in [0.717, 1.165) is 34.8 Å². The number of carbonyl (C=O) groups is 1. The predicted octanol–water partition coefficient (Wildman–Crippen LogP) is 4.00. The highest BCUT2D eigenvalue weighted by atomic mass is 32.2. The molecule has 36 heavy (non-hydrogen) atoms. The number of halogens is 4. The van der Waals surface area contributed by atoms with Crippen molar-refractivity contribution in [1.82, 2.24) is 15.1 Å². The summed E-state index contributed by atoms with van der Waals surface area (Å²) in [6, 6.07) is 7.69. The highest BCUT2D eigenvalue weighted by Gasteiger charge is 2.36. The smallest absolute Gasteiger partial charge is 0.394 e. The number of alkyl halides is 3. The predicted molar refractivity (Wildman–Crippen MR) is 127 cm³/mol. The third kappa shape index (κ3) is 4.88. The van der Waals surface area contributed by atoms with E-state index in [-0.39, 0.29) is 23.5 Å². The summed E-state index contributed by atoms with van der Waals surface area (Å²) in [5, 5.41) is 17.3. The summed E-state index contributed by atoms with van der Waals surface area (Å²) in [6.07, 6.45) is -3.89. The summed E-state index contributed by atoms with van der Waals surface area (Å²) in [7, 11) is 0. The maximum atomic E-state index is 13.7. The Morgan fingerprint density at radius 2 is 2.08 bits per heavy atom. The quantitative estimate of drug-likeness (QED) is 0.399. The Labute approximate surface area is 206 Å². The average Bonchev–Trinajstić information content (AvgIpc) is 3.48. The number of rotatable bonds is 4. The van der Waals surface area contributed by atoms with Crippen LogP contribution in [0.5, 0.6) is 0 Å². The minimum Gasteiger partial charge on any atom is -0.394 e. The third-order valence-corrected chi connectivity index (χ3v) is 7.16. The average molecular weight is 521 g/mol. The molecule has 2 aliphatic heterocycles. The molecule has 2 aliphatic rings. The van der Waals surface area contributed by atoms with Crippen LogP contribution < -0.4 is 0 Å². The zero-order chi connectivity index (χ0) is 25.4. The van der Waals surface area contributed by atoms with Crippen LogP contribution in [0.25, 0.3) is 16.5 Å². The third-order valence-electron chi connectivity index (χ3n) is 6.01. The molecule has 0 spiro atoms. The van der Waals surface area contributed by atoms with Crippen molar-refractivity contribution in [2.75, 3.05) is 26.3 Å². The molecule has 0 saturated carbocycles. The van der Waals surface area contributed by atoms with Gasteiger partial charge in [0.25, 0.3) is 5.91 Å². The van der Waals surface area contributed by atoms with Crippen LogP contribution in [-0.2, 0) is 22.1 Å². The van der Waals surface area contributed by atoms with E-state index in [0.29, 0.717) is 42.1 Å². The number of nitrogens with zero attached hydrogens (tertiary/aromatic N) is 3. The Kier molecular flexibility index (Phi) is 6.58. The first-order valence-corrected chi connectivity index (χ1v) is 11.8. The van der Waals surface area contributed by atoms with Crippen LogP contribution in [0, 0.1) is 5.82 Å². The number of amides is 1. The summed E-state index contributed by atoms with van der Waals surface area (Å²) in [5.74, 6) is -1.57. The molecule has 2 N–H and O–H groups in total. The van der Waals surface area contributed by atoms with Gasteiger partial charge in [0.05, 0.1) is 41.5 Å². The Bertz CT molecular complexity index is 1390. The summed E-state index contributed by atoms with van der Waals surface area (Å²) in [5.41, 5.74) is 0.346. The molecule has 1 amide bonds. The molecule has 188 valence electrons. The minimum absolute atomic E-state index is 0.160. The van der Waals surface area contributed by atoms with Crippen molar-refractivity contribution in [3.63, 3.8) is 0 Å². The number of H-pyrrole nitrogens is 1. The van der Waals surface area contributed by atoms with Crippen LogP contribution >= 0.6 is 11.8 Å². The molecule has 7 nitrogen and oxygen atoms in total. The number of ether oxygens (including phenoxy) is 1. The molecule has 1 saturated heterocycles. The number of nitrogens with one attached hydrogen (secondary N) is 1. The minimum atomic E-state index is -4.77. The summed E-state index contributed by atoms with van der Waals surface area (Å²) in [4.78, 5) is 19.2. The number of aromatic nitrogens is 2. The summed E-state index contributed by atoms with van der Waals surface area (Å²) >= 11 is 1.07. The van der Waals surface area contributed by atoms with Gasteiger partial charge in [-0.25, -0.2) is 4.39 Å². The number of aliphatic hydroxyl groups is 1. The number of amidine groups is 1. The fourth-order valence-corrected chi connectivity index (χ4v) is 5.28. The van der Waals surface area contributed by atoms with E-state index in [1.807, 2.05) is 4.90 Å². The maximum absolute atomic E-state index is 13.7. The van der Waals surface area contributed by atoms with Crippen molar-refractivity contribution in [3.05, 3.63) is 70.0 Å². The highest BCUT2D eigenvalue weighted by Crippen LogP contribution is 2.40. The van der Waals surface area contributed by atoms with Crippen molar-refractivity contribution >= 4 is 39.3 Å². The van der Waals surface area contributed by atoms with Crippen molar-refractivity contribution in [3.8, 4) is 0 Å². The summed E-state index contributed by atoms with van der Waals surface area (Å²) < 4.78 is 60.4. The zero-order valence-electron chi connectivity index (χ0n) is 18.7. The van der Waals surface area contributed by atoms with Crippen molar-refractivity contribution in [1.29, 1.82) is 0 Å². The van der Waals surface area contributed by atoms with Crippen LogP contribution in [0.4, 0.5) is 17.6 Å². The molecule has 1 aromatic heterocycles. The van der Waals surface area contributed by atoms with Gasteiger partial charge in [-0.1, -0.05) is 12.1 Å². The second kappa shape index (κ2) is 9.68. The lowest BCUT2D eigenvalue weighted by Gasteiger charge is -2.32. The van der Waals surface area contributed by atoms with Crippen molar-refractivity contribution in [2.45, 2.75) is 18.7 Å². The molecule has 1 fully saturated rings. The Balaban J connectivity index is 1.57. The van der Waals surface area contributed by atoms with Gasteiger partial charge in [0.15, 0.2) is 5.17 Å². The lowest BCUT2D eigenvalue weighted by molar-refractivity contribution is -0.138. The van der Waals surface area contributed by atoms with Crippen LogP contribution in [0.1, 0.15) is 16.7 Å². The van der Waals surface area contributed by atoms with E-state index < -0.39 is 29.6 Å². The first kappa shape index (κ1) is 24.5. The molecule has 0 unspecified atom stereocenters. The second-order valence-corrected chi connectivity index (χ2v) is 9.36. The van der Waals surface area contributed by atoms with Gasteiger partial charge in [-0.15, -0.1) is 0 Å². The number of fused-ring (bicyclic) bond motifs is 1. The van der Waals surface area contributed by atoms with Gasteiger partial charge in [-0.05, 0) is 59.1 Å². The standard InChI is InChI=1S/C24H20F4N4O3S/c25-16-3-1-14(19(9-16)24(26,27)28)8-18(13-2-4-20-15(7-13)10-29-31-20)21-22(34)30-23(36-21)32-5-6-35-17(11-32)12-33/h1-4,7,9-10,17,33H,5-6,8,11-12H2,(H,29,31)/t17-/m0/s1. The first-order valence-electron chi connectivity index (χ1n) is 11.0. The number of aliphatic hydroxyl groups excluding tert-OH is 1. The normalized spacial score (nSPS) is 20.2. The number of aromatic amines is 1. The van der Waals surface area contributed by atoms with E-state index >= 15 is 0 Å². The van der Waals surface area contributed by atoms with E-state index in [1.165, 1.54) is 0 Å². The Hall–Kier alpha value is -3.22. The van der Waals surface area contributed by atoms with Crippen LogP contribution in [0.2, 0.25) is 0 Å². The van der Waals surface area contributed by atoms with E-state index in [1.54, 1.807) is 24.4 Å². The molecule has 1 atom stereocenters. The number of allylic oxidation sites excluding steroid dienone is 1. The zero-order valence-corrected chi connectivity index (χ0v) is 19.5. The molecule has 0 radical (unpaired) electrons. The topological polar surface area (TPSA) is 90.8 Å². The second-order valence-electron chi connectivity index (χ2n) is 8.38. The van der Waals surface area contributed by atoms with Crippen molar-refractivity contribution < 1.29 is 32.2 Å². The van der Waals surface area contributed by atoms with E-state index in [4.69, 9.17) is 4.74 Å². The van der Waals surface area contributed by atoms with Gasteiger partial charge in [-0.2, -0.15) is 23.3 Å². The van der Waals surface area contributed by atoms with Gasteiger partial charge in [-0.3, -0.25) is 9.89 Å². The van der Waals surface area contributed by atoms with E-state index in [2.05, 4.69) is 15.2 Å². The number of hydrogen-bond acceptors (Lipinski definition) is 6. The number of hydrogen-bond donors (Lipinski definition) is 2. The maximum Gasteiger partial charge on any atom is 0.416 e. The number of thioether (sulfide) groups is 1. The summed E-state index contributed by atoms with van der Waals surface area (Å²) in [6.45, 7) is 0.934. The van der Waals surface area contributed by atoms with Crippen LogP contribution in [-0.4, -0.2) is 63.7 Å². The number of benzene rings is 2. The molecule has 0 bridgehead atoms.